The number of carbonyl (C=O) groups is 1. The summed E-state index contributed by atoms with van der Waals surface area (Å²) in [5.41, 5.74) is 1.25. The van der Waals surface area contributed by atoms with E-state index in [1.807, 2.05) is 17.0 Å². The van der Waals surface area contributed by atoms with E-state index in [0.717, 1.165) is 44.5 Å². The number of likely N-dealkylation sites (tertiary alicyclic amines) is 1. The SMILES string of the molecule is COc1ccc(CCN2CCCCC2=O)cc1. The molecule has 2 rings (SSSR count). The fourth-order valence-corrected chi connectivity index (χ4v) is 2.15. The van der Waals surface area contributed by atoms with Gasteiger partial charge in [0.2, 0.25) is 5.91 Å². The van der Waals surface area contributed by atoms with Crippen LogP contribution in [-0.2, 0) is 11.2 Å². The van der Waals surface area contributed by atoms with Crippen LogP contribution >= 0.6 is 0 Å². The van der Waals surface area contributed by atoms with Crippen LogP contribution in [0.15, 0.2) is 24.3 Å². The second-order valence-electron chi connectivity index (χ2n) is 4.44. The summed E-state index contributed by atoms with van der Waals surface area (Å²) in [5.74, 6) is 1.19. The van der Waals surface area contributed by atoms with Gasteiger partial charge in [0.15, 0.2) is 0 Å². The maximum atomic E-state index is 11.6. The van der Waals surface area contributed by atoms with E-state index in [4.69, 9.17) is 4.74 Å². The molecule has 1 aliphatic rings. The number of hydrogen-bond donors (Lipinski definition) is 0. The number of carbonyl (C=O) groups excluding carboxylic acids is 1. The van der Waals surface area contributed by atoms with E-state index in [0.29, 0.717) is 5.91 Å². The molecule has 3 heteroatoms. The van der Waals surface area contributed by atoms with Gasteiger partial charge in [0.25, 0.3) is 0 Å². The predicted molar refractivity (Wildman–Crippen MR) is 67.1 cm³/mol. The van der Waals surface area contributed by atoms with Crippen molar-refractivity contribution >= 4 is 5.91 Å². The van der Waals surface area contributed by atoms with Crippen molar-refractivity contribution < 1.29 is 9.53 Å². The zero-order valence-corrected chi connectivity index (χ0v) is 10.3. The quantitative estimate of drug-likeness (QED) is 0.798. The highest BCUT2D eigenvalue weighted by atomic mass is 16.5. The van der Waals surface area contributed by atoms with Gasteiger partial charge in [-0.15, -0.1) is 0 Å². The molecule has 1 amide bonds. The van der Waals surface area contributed by atoms with E-state index in [1.54, 1.807) is 7.11 Å². The molecular formula is C14H19NO2. The smallest absolute Gasteiger partial charge is 0.222 e. The Morgan fingerprint density at radius 1 is 1.24 bits per heavy atom. The van der Waals surface area contributed by atoms with E-state index in [9.17, 15) is 4.79 Å². The Morgan fingerprint density at radius 2 is 2.00 bits per heavy atom. The Bertz CT molecular complexity index is 372. The first-order valence-corrected chi connectivity index (χ1v) is 6.20. The molecule has 1 saturated heterocycles. The van der Waals surface area contributed by atoms with E-state index in [-0.39, 0.29) is 0 Å². The first kappa shape index (κ1) is 12.0. The van der Waals surface area contributed by atoms with Gasteiger partial charge in [-0.25, -0.2) is 0 Å². The van der Waals surface area contributed by atoms with Crippen LogP contribution in [0.5, 0.6) is 5.75 Å². The number of amides is 1. The number of methoxy groups -OCH3 is 1. The highest BCUT2D eigenvalue weighted by Gasteiger charge is 2.17. The molecule has 17 heavy (non-hydrogen) atoms. The average Bonchev–Trinajstić information content (AvgIpc) is 2.38. The summed E-state index contributed by atoms with van der Waals surface area (Å²) in [5, 5.41) is 0. The summed E-state index contributed by atoms with van der Waals surface area (Å²) in [6.07, 6.45) is 3.85. The first-order chi connectivity index (χ1) is 8.29. The third-order valence-corrected chi connectivity index (χ3v) is 3.25. The zero-order chi connectivity index (χ0) is 12.1. The van der Waals surface area contributed by atoms with Crippen molar-refractivity contribution in [2.75, 3.05) is 20.2 Å². The number of ether oxygens (including phenoxy) is 1. The van der Waals surface area contributed by atoms with Gasteiger partial charge >= 0.3 is 0 Å². The van der Waals surface area contributed by atoms with E-state index in [1.165, 1.54) is 5.56 Å². The minimum atomic E-state index is 0.310. The Balaban J connectivity index is 1.86. The Morgan fingerprint density at radius 3 is 2.65 bits per heavy atom. The molecule has 1 aromatic rings. The lowest BCUT2D eigenvalue weighted by Gasteiger charge is -2.26. The average molecular weight is 233 g/mol. The van der Waals surface area contributed by atoms with Crippen molar-refractivity contribution in [2.24, 2.45) is 0 Å². The van der Waals surface area contributed by atoms with E-state index < -0.39 is 0 Å². The molecule has 0 N–H and O–H groups in total. The second kappa shape index (κ2) is 5.71. The monoisotopic (exact) mass is 233 g/mol. The molecular weight excluding hydrogens is 214 g/mol. The molecule has 0 aromatic heterocycles. The summed E-state index contributed by atoms with van der Waals surface area (Å²) in [6.45, 7) is 1.76. The lowest BCUT2D eigenvalue weighted by molar-refractivity contribution is -0.133. The Kier molecular flexibility index (Phi) is 4.02. The molecule has 0 radical (unpaired) electrons. The molecule has 3 nitrogen and oxygen atoms in total. The van der Waals surface area contributed by atoms with Gasteiger partial charge in [-0.05, 0) is 37.0 Å². The van der Waals surface area contributed by atoms with Crippen LogP contribution in [0.2, 0.25) is 0 Å². The van der Waals surface area contributed by atoms with Crippen LogP contribution in [0.1, 0.15) is 24.8 Å². The number of piperidine rings is 1. The summed E-state index contributed by atoms with van der Waals surface area (Å²) >= 11 is 0. The largest absolute Gasteiger partial charge is 0.497 e. The number of hydrogen-bond acceptors (Lipinski definition) is 2. The normalized spacial score (nSPS) is 16.1. The molecule has 0 saturated carbocycles. The lowest BCUT2D eigenvalue weighted by atomic mass is 10.1. The van der Waals surface area contributed by atoms with Crippen LogP contribution in [-0.4, -0.2) is 31.0 Å². The van der Waals surface area contributed by atoms with Gasteiger partial charge in [-0.2, -0.15) is 0 Å². The minimum absolute atomic E-state index is 0.310. The fourth-order valence-electron chi connectivity index (χ4n) is 2.15. The predicted octanol–water partition coefficient (Wildman–Crippen LogP) is 2.25. The van der Waals surface area contributed by atoms with Crippen LogP contribution in [0.3, 0.4) is 0 Å². The molecule has 92 valence electrons. The highest BCUT2D eigenvalue weighted by Crippen LogP contribution is 2.14. The van der Waals surface area contributed by atoms with Crippen molar-refractivity contribution in [3.8, 4) is 5.75 Å². The lowest BCUT2D eigenvalue weighted by Crippen LogP contribution is -2.36. The Labute approximate surface area is 102 Å². The van der Waals surface area contributed by atoms with E-state index in [2.05, 4.69) is 12.1 Å². The van der Waals surface area contributed by atoms with Gasteiger partial charge in [0.1, 0.15) is 5.75 Å². The van der Waals surface area contributed by atoms with Crippen molar-refractivity contribution in [2.45, 2.75) is 25.7 Å². The molecule has 0 atom stereocenters. The number of nitrogens with zero attached hydrogens (tertiary/aromatic N) is 1. The highest BCUT2D eigenvalue weighted by molar-refractivity contribution is 5.76. The number of rotatable bonds is 4. The molecule has 1 fully saturated rings. The van der Waals surface area contributed by atoms with Crippen molar-refractivity contribution in [3.63, 3.8) is 0 Å². The van der Waals surface area contributed by atoms with Gasteiger partial charge in [-0.3, -0.25) is 4.79 Å². The van der Waals surface area contributed by atoms with Gasteiger partial charge in [0.05, 0.1) is 7.11 Å². The molecule has 1 aromatic carbocycles. The molecule has 0 aliphatic carbocycles. The van der Waals surface area contributed by atoms with Crippen molar-refractivity contribution in [1.29, 1.82) is 0 Å². The first-order valence-electron chi connectivity index (χ1n) is 6.20. The third kappa shape index (κ3) is 3.22. The van der Waals surface area contributed by atoms with Gasteiger partial charge in [0, 0.05) is 19.5 Å². The summed E-state index contributed by atoms with van der Waals surface area (Å²) in [4.78, 5) is 13.6. The summed E-state index contributed by atoms with van der Waals surface area (Å²) < 4.78 is 5.12. The van der Waals surface area contributed by atoms with Crippen LogP contribution in [0, 0.1) is 0 Å². The van der Waals surface area contributed by atoms with E-state index >= 15 is 0 Å². The summed E-state index contributed by atoms with van der Waals surface area (Å²) in [6, 6.07) is 8.06. The maximum Gasteiger partial charge on any atom is 0.222 e. The molecule has 1 aliphatic heterocycles. The molecule has 1 heterocycles. The standard InChI is InChI=1S/C14H19NO2/c1-17-13-7-5-12(6-8-13)9-11-15-10-3-2-4-14(15)16/h5-8H,2-4,9-11H2,1H3. The van der Waals surface area contributed by atoms with Crippen LogP contribution in [0.25, 0.3) is 0 Å². The minimum Gasteiger partial charge on any atom is -0.497 e. The Hall–Kier alpha value is -1.51. The molecule has 0 bridgehead atoms. The molecule has 0 spiro atoms. The molecule has 0 unspecified atom stereocenters. The topological polar surface area (TPSA) is 29.5 Å². The second-order valence-corrected chi connectivity index (χ2v) is 4.44. The fraction of sp³-hybridized carbons (Fsp3) is 0.500. The van der Waals surface area contributed by atoms with Gasteiger partial charge in [-0.1, -0.05) is 12.1 Å². The third-order valence-electron chi connectivity index (χ3n) is 3.25. The maximum absolute atomic E-state index is 11.6. The van der Waals surface area contributed by atoms with Crippen LogP contribution < -0.4 is 4.74 Å². The zero-order valence-electron chi connectivity index (χ0n) is 10.3. The number of benzene rings is 1. The van der Waals surface area contributed by atoms with Crippen molar-refractivity contribution in [1.82, 2.24) is 4.90 Å². The van der Waals surface area contributed by atoms with Crippen LogP contribution in [0.4, 0.5) is 0 Å². The van der Waals surface area contributed by atoms with Gasteiger partial charge < -0.3 is 9.64 Å². The van der Waals surface area contributed by atoms with Crippen molar-refractivity contribution in [3.05, 3.63) is 29.8 Å². The summed E-state index contributed by atoms with van der Waals surface area (Å²) in [7, 11) is 1.67.